The van der Waals surface area contributed by atoms with E-state index in [4.69, 9.17) is 4.74 Å². The summed E-state index contributed by atoms with van der Waals surface area (Å²) < 4.78 is 5.25. The third-order valence-electron chi connectivity index (χ3n) is 2.80. The van der Waals surface area contributed by atoms with Crippen LogP contribution in [0.3, 0.4) is 0 Å². The Balaban J connectivity index is 2.47. The average molecular weight is 236 g/mol. The van der Waals surface area contributed by atoms with Gasteiger partial charge in [0, 0.05) is 16.9 Å². The number of ether oxygens (including phenoxy) is 1. The van der Waals surface area contributed by atoms with Crippen molar-refractivity contribution in [1.29, 1.82) is 0 Å². The summed E-state index contributed by atoms with van der Waals surface area (Å²) in [5.74, 6) is 1.92. The largest absolute Gasteiger partial charge is 0.494 e. The standard InChI is InChI=1S/C13H16O2S/c1-4-15-11-7-5-6-9-10(11)8-16-13(2,3)12(9)14/h5-7H,4,8H2,1-3H3. The van der Waals surface area contributed by atoms with Gasteiger partial charge >= 0.3 is 0 Å². The molecule has 1 aromatic rings. The number of benzene rings is 1. The molecule has 0 amide bonds. The molecule has 1 aliphatic rings. The summed E-state index contributed by atoms with van der Waals surface area (Å²) in [5, 5.41) is 0. The van der Waals surface area contributed by atoms with Gasteiger partial charge in [0.05, 0.1) is 11.4 Å². The molecule has 0 fully saturated rings. The molecule has 0 atom stereocenters. The normalized spacial score (nSPS) is 18.1. The van der Waals surface area contributed by atoms with Gasteiger partial charge < -0.3 is 4.74 Å². The molecule has 0 spiro atoms. The molecule has 86 valence electrons. The Bertz CT molecular complexity index is 424. The molecule has 1 aromatic carbocycles. The van der Waals surface area contributed by atoms with Crippen LogP contribution in [0.15, 0.2) is 18.2 Å². The molecule has 3 heteroatoms. The zero-order valence-corrected chi connectivity index (χ0v) is 10.7. The zero-order chi connectivity index (χ0) is 11.8. The van der Waals surface area contributed by atoms with Crippen LogP contribution >= 0.6 is 11.8 Å². The molecule has 0 aromatic heterocycles. The highest BCUT2D eigenvalue weighted by Gasteiger charge is 2.35. The van der Waals surface area contributed by atoms with Crippen LogP contribution in [0.5, 0.6) is 5.75 Å². The molecule has 0 saturated heterocycles. The Hall–Kier alpha value is -0.960. The van der Waals surface area contributed by atoms with Gasteiger partial charge in [-0.1, -0.05) is 12.1 Å². The van der Waals surface area contributed by atoms with Gasteiger partial charge in [0.1, 0.15) is 5.75 Å². The van der Waals surface area contributed by atoms with E-state index in [1.54, 1.807) is 11.8 Å². The minimum atomic E-state index is -0.308. The quantitative estimate of drug-likeness (QED) is 0.788. The molecule has 0 bridgehead atoms. The van der Waals surface area contributed by atoms with E-state index in [2.05, 4.69) is 0 Å². The van der Waals surface area contributed by atoms with Crippen LogP contribution in [0.2, 0.25) is 0 Å². The smallest absolute Gasteiger partial charge is 0.178 e. The van der Waals surface area contributed by atoms with Crippen molar-refractivity contribution in [2.75, 3.05) is 6.61 Å². The lowest BCUT2D eigenvalue weighted by molar-refractivity contribution is 0.0954. The van der Waals surface area contributed by atoms with Crippen LogP contribution in [0, 0.1) is 0 Å². The van der Waals surface area contributed by atoms with Crippen molar-refractivity contribution in [2.24, 2.45) is 0 Å². The third kappa shape index (κ3) is 1.84. The molecule has 0 saturated carbocycles. The Morgan fingerprint density at radius 3 is 2.88 bits per heavy atom. The van der Waals surface area contributed by atoms with Crippen molar-refractivity contribution in [3.63, 3.8) is 0 Å². The summed E-state index contributed by atoms with van der Waals surface area (Å²) in [6.07, 6.45) is 0. The fraction of sp³-hybridized carbons (Fsp3) is 0.462. The van der Waals surface area contributed by atoms with E-state index >= 15 is 0 Å². The molecule has 0 radical (unpaired) electrons. The predicted octanol–water partition coefficient (Wildman–Crippen LogP) is 3.29. The first kappa shape index (κ1) is 11.5. The molecule has 16 heavy (non-hydrogen) atoms. The number of hydrogen-bond acceptors (Lipinski definition) is 3. The lowest BCUT2D eigenvalue weighted by Crippen LogP contribution is -2.32. The van der Waals surface area contributed by atoms with E-state index in [9.17, 15) is 4.79 Å². The monoisotopic (exact) mass is 236 g/mol. The number of Topliss-reactive ketones (excluding diaryl/α,β-unsaturated/α-hetero) is 1. The SMILES string of the molecule is CCOc1cccc2c1CSC(C)(C)C2=O. The Labute approximate surface area is 100 Å². The number of carbonyl (C=O) groups is 1. The van der Waals surface area contributed by atoms with E-state index < -0.39 is 0 Å². The van der Waals surface area contributed by atoms with E-state index in [0.29, 0.717) is 6.61 Å². The van der Waals surface area contributed by atoms with E-state index in [1.165, 1.54) is 0 Å². The number of rotatable bonds is 2. The summed E-state index contributed by atoms with van der Waals surface area (Å²) in [4.78, 5) is 12.2. The minimum absolute atomic E-state index is 0.209. The fourth-order valence-corrected chi connectivity index (χ4v) is 2.90. The topological polar surface area (TPSA) is 26.3 Å². The molecule has 2 rings (SSSR count). The van der Waals surface area contributed by atoms with Crippen molar-refractivity contribution >= 4 is 17.5 Å². The second-order valence-electron chi connectivity index (χ2n) is 4.34. The van der Waals surface area contributed by atoms with E-state index in [-0.39, 0.29) is 10.5 Å². The summed E-state index contributed by atoms with van der Waals surface area (Å²) in [5.41, 5.74) is 1.88. The Morgan fingerprint density at radius 2 is 2.19 bits per heavy atom. The van der Waals surface area contributed by atoms with Crippen LogP contribution in [0.1, 0.15) is 36.7 Å². The van der Waals surface area contributed by atoms with Crippen molar-refractivity contribution in [2.45, 2.75) is 31.3 Å². The first-order chi connectivity index (χ1) is 7.56. The van der Waals surface area contributed by atoms with E-state index in [1.807, 2.05) is 39.0 Å². The second-order valence-corrected chi connectivity index (χ2v) is 5.94. The van der Waals surface area contributed by atoms with Crippen LogP contribution in [-0.2, 0) is 5.75 Å². The molecule has 0 unspecified atom stereocenters. The van der Waals surface area contributed by atoms with Crippen LogP contribution < -0.4 is 4.74 Å². The summed E-state index contributed by atoms with van der Waals surface area (Å²) in [6.45, 7) is 6.56. The van der Waals surface area contributed by atoms with Crippen molar-refractivity contribution in [3.05, 3.63) is 29.3 Å². The molecular formula is C13H16O2S. The third-order valence-corrected chi connectivity index (χ3v) is 4.14. The van der Waals surface area contributed by atoms with Crippen molar-refractivity contribution < 1.29 is 9.53 Å². The van der Waals surface area contributed by atoms with Crippen molar-refractivity contribution in [1.82, 2.24) is 0 Å². The lowest BCUT2D eigenvalue weighted by Gasteiger charge is -2.29. The van der Waals surface area contributed by atoms with Gasteiger partial charge in [0.25, 0.3) is 0 Å². The molecule has 1 aliphatic heterocycles. The second kappa shape index (κ2) is 4.13. The zero-order valence-electron chi connectivity index (χ0n) is 9.87. The van der Waals surface area contributed by atoms with Gasteiger partial charge in [0.2, 0.25) is 0 Å². The molecule has 0 aliphatic carbocycles. The Morgan fingerprint density at radius 1 is 1.44 bits per heavy atom. The highest BCUT2D eigenvalue weighted by Crippen LogP contribution is 2.41. The summed E-state index contributed by atoms with van der Waals surface area (Å²) in [7, 11) is 0. The number of thioether (sulfide) groups is 1. The number of fused-ring (bicyclic) bond motifs is 1. The van der Waals surface area contributed by atoms with Gasteiger partial charge in [-0.2, -0.15) is 0 Å². The highest BCUT2D eigenvalue weighted by molar-refractivity contribution is 8.00. The predicted molar refractivity (Wildman–Crippen MR) is 67.3 cm³/mol. The van der Waals surface area contributed by atoms with E-state index in [0.717, 1.165) is 22.6 Å². The average Bonchev–Trinajstić information content (AvgIpc) is 2.25. The molecule has 0 N–H and O–H groups in total. The van der Waals surface area contributed by atoms with Gasteiger partial charge in [-0.05, 0) is 26.8 Å². The van der Waals surface area contributed by atoms with Crippen molar-refractivity contribution in [3.8, 4) is 5.75 Å². The highest BCUT2D eigenvalue weighted by atomic mass is 32.2. The van der Waals surface area contributed by atoms with Gasteiger partial charge in [0.15, 0.2) is 5.78 Å². The lowest BCUT2D eigenvalue weighted by atomic mass is 9.95. The first-order valence-electron chi connectivity index (χ1n) is 5.49. The molecule has 2 nitrogen and oxygen atoms in total. The first-order valence-corrected chi connectivity index (χ1v) is 6.48. The van der Waals surface area contributed by atoms with Gasteiger partial charge in [-0.3, -0.25) is 4.79 Å². The maximum atomic E-state index is 12.2. The molecule has 1 heterocycles. The number of carbonyl (C=O) groups excluding carboxylic acids is 1. The number of hydrogen-bond donors (Lipinski definition) is 0. The van der Waals surface area contributed by atoms with Gasteiger partial charge in [-0.25, -0.2) is 0 Å². The van der Waals surface area contributed by atoms with Crippen LogP contribution in [0.25, 0.3) is 0 Å². The number of ketones is 1. The maximum absolute atomic E-state index is 12.2. The maximum Gasteiger partial charge on any atom is 0.178 e. The summed E-state index contributed by atoms with van der Waals surface area (Å²) >= 11 is 1.68. The van der Waals surface area contributed by atoms with Gasteiger partial charge in [-0.15, -0.1) is 11.8 Å². The van der Waals surface area contributed by atoms with Crippen LogP contribution in [0.4, 0.5) is 0 Å². The van der Waals surface area contributed by atoms with Crippen LogP contribution in [-0.4, -0.2) is 17.1 Å². The molecular weight excluding hydrogens is 220 g/mol. The fourth-order valence-electron chi connectivity index (χ4n) is 1.86. The minimum Gasteiger partial charge on any atom is -0.494 e. The summed E-state index contributed by atoms with van der Waals surface area (Å²) in [6, 6.07) is 5.74. The Kier molecular flexibility index (Phi) is 2.98.